The fraction of sp³-hybridized carbons (Fsp3) is 0.533. The Labute approximate surface area is 123 Å². The molecule has 0 radical (unpaired) electrons. The van der Waals surface area contributed by atoms with Crippen LogP contribution in [-0.2, 0) is 20.9 Å². The van der Waals surface area contributed by atoms with Gasteiger partial charge in [-0.05, 0) is 31.7 Å². The van der Waals surface area contributed by atoms with E-state index in [1.807, 2.05) is 0 Å². The molecule has 2 rings (SSSR count). The van der Waals surface area contributed by atoms with Crippen molar-refractivity contribution in [3.8, 4) is 0 Å². The van der Waals surface area contributed by atoms with Crippen molar-refractivity contribution in [2.75, 3.05) is 7.11 Å². The average Bonchev–Trinajstić information content (AvgIpc) is 2.48. The molecule has 0 amide bonds. The Morgan fingerprint density at radius 2 is 2.05 bits per heavy atom. The maximum Gasteiger partial charge on any atom is 0.308 e. The van der Waals surface area contributed by atoms with Crippen molar-refractivity contribution in [2.45, 2.75) is 38.4 Å². The fourth-order valence-electron chi connectivity index (χ4n) is 2.50. The Balaban J connectivity index is 1.82. The molecule has 0 aromatic heterocycles. The van der Waals surface area contributed by atoms with Gasteiger partial charge in [-0.1, -0.05) is 23.7 Å². The molecule has 1 fully saturated rings. The summed E-state index contributed by atoms with van der Waals surface area (Å²) >= 11 is 5.72. The molecular formula is C15H18ClFO3. The highest BCUT2D eigenvalue weighted by molar-refractivity contribution is 6.30. The lowest BCUT2D eigenvalue weighted by atomic mass is 9.87. The molecule has 0 saturated heterocycles. The quantitative estimate of drug-likeness (QED) is 0.795. The van der Waals surface area contributed by atoms with Gasteiger partial charge in [-0.2, -0.15) is 0 Å². The van der Waals surface area contributed by atoms with Gasteiger partial charge in [-0.15, -0.1) is 0 Å². The van der Waals surface area contributed by atoms with E-state index in [2.05, 4.69) is 0 Å². The van der Waals surface area contributed by atoms with E-state index in [1.54, 1.807) is 12.1 Å². The van der Waals surface area contributed by atoms with Gasteiger partial charge in [-0.25, -0.2) is 4.39 Å². The van der Waals surface area contributed by atoms with Gasteiger partial charge in [0.05, 0.1) is 30.8 Å². The summed E-state index contributed by atoms with van der Waals surface area (Å²) in [5.41, 5.74) is 0.465. The molecule has 1 aliphatic carbocycles. The van der Waals surface area contributed by atoms with Crippen LogP contribution in [0.3, 0.4) is 0 Å². The van der Waals surface area contributed by atoms with Gasteiger partial charge in [0.1, 0.15) is 5.82 Å². The van der Waals surface area contributed by atoms with Crippen LogP contribution < -0.4 is 0 Å². The van der Waals surface area contributed by atoms with E-state index in [9.17, 15) is 9.18 Å². The first-order valence-corrected chi connectivity index (χ1v) is 7.12. The molecule has 0 atom stereocenters. The third-order valence-electron chi connectivity index (χ3n) is 3.71. The first-order valence-electron chi connectivity index (χ1n) is 6.74. The van der Waals surface area contributed by atoms with Crippen molar-refractivity contribution in [2.24, 2.45) is 5.92 Å². The fourth-order valence-corrected chi connectivity index (χ4v) is 2.69. The normalized spacial score (nSPS) is 22.6. The zero-order valence-electron chi connectivity index (χ0n) is 11.4. The lowest BCUT2D eigenvalue weighted by molar-refractivity contribution is -0.147. The lowest BCUT2D eigenvalue weighted by Gasteiger charge is -2.27. The Kier molecular flexibility index (Phi) is 5.38. The summed E-state index contributed by atoms with van der Waals surface area (Å²) in [5.74, 6) is -0.593. The summed E-state index contributed by atoms with van der Waals surface area (Å²) in [6, 6.07) is 4.89. The van der Waals surface area contributed by atoms with Gasteiger partial charge in [0.25, 0.3) is 0 Å². The first kappa shape index (κ1) is 15.3. The van der Waals surface area contributed by atoms with Crippen LogP contribution in [0.2, 0.25) is 5.02 Å². The highest BCUT2D eigenvalue weighted by atomic mass is 35.5. The third-order valence-corrected chi connectivity index (χ3v) is 4.01. The monoisotopic (exact) mass is 300 g/mol. The molecule has 1 aromatic rings. The van der Waals surface area contributed by atoms with Crippen LogP contribution >= 0.6 is 11.6 Å². The summed E-state index contributed by atoms with van der Waals surface area (Å²) in [7, 11) is 1.41. The highest BCUT2D eigenvalue weighted by Gasteiger charge is 2.27. The molecule has 1 saturated carbocycles. The molecule has 0 aliphatic heterocycles. The van der Waals surface area contributed by atoms with E-state index in [-0.39, 0.29) is 29.6 Å². The zero-order valence-corrected chi connectivity index (χ0v) is 12.2. The third kappa shape index (κ3) is 3.70. The number of benzene rings is 1. The average molecular weight is 301 g/mol. The first-order chi connectivity index (χ1) is 9.61. The maximum atomic E-state index is 13.7. The van der Waals surface area contributed by atoms with Gasteiger partial charge in [-0.3, -0.25) is 4.79 Å². The van der Waals surface area contributed by atoms with Gasteiger partial charge < -0.3 is 9.47 Å². The van der Waals surface area contributed by atoms with Crippen molar-refractivity contribution in [1.82, 2.24) is 0 Å². The predicted molar refractivity (Wildman–Crippen MR) is 74.0 cm³/mol. The molecule has 0 N–H and O–H groups in total. The molecule has 0 unspecified atom stereocenters. The van der Waals surface area contributed by atoms with Gasteiger partial charge in [0.2, 0.25) is 0 Å². The zero-order chi connectivity index (χ0) is 14.5. The molecule has 5 heteroatoms. The van der Waals surface area contributed by atoms with Crippen molar-refractivity contribution < 1.29 is 18.7 Å². The molecule has 20 heavy (non-hydrogen) atoms. The molecule has 0 spiro atoms. The van der Waals surface area contributed by atoms with E-state index >= 15 is 0 Å². The molecule has 0 heterocycles. The van der Waals surface area contributed by atoms with E-state index < -0.39 is 5.82 Å². The van der Waals surface area contributed by atoms with E-state index in [1.165, 1.54) is 13.2 Å². The lowest BCUT2D eigenvalue weighted by Crippen LogP contribution is -2.27. The topological polar surface area (TPSA) is 35.5 Å². The molecule has 110 valence electrons. The van der Waals surface area contributed by atoms with E-state index in [0.29, 0.717) is 5.56 Å². The summed E-state index contributed by atoms with van der Waals surface area (Å²) in [4.78, 5) is 11.4. The number of rotatable bonds is 4. The second-order valence-corrected chi connectivity index (χ2v) is 5.43. The van der Waals surface area contributed by atoms with Crippen molar-refractivity contribution in [3.63, 3.8) is 0 Å². The maximum absolute atomic E-state index is 13.7. The summed E-state index contributed by atoms with van der Waals surface area (Å²) < 4.78 is 24.2. The highest BCUT2D eigenvalue weighted by Crippen LogP contribution is 2.28. The van der Waals surface area contributed by atoms with Crippen LogP contribution in [0, 0.1) is 11.7 Å². The van der Waals surface area contributed by atoms with Gasteiger partial charge in [0.15, 0.2) is 0 Å². The molecule has 3 nitrogen and oxygen atoms in total. The minimum atomic E-state index is -0.419. The van der Waals surface area contributed by atoms with Crippen LogP contribution in [0.4, 0.5) is 4.39 Å². The Morgan fingerprint density at radius 3 is 2.70 bits per heavy atom. The smallest absolute Gasteiger partial charge is 0.308 e. The Morgan fingerprint density at radius 1 is 1.35 bits per heavy atom. The van der Waals surface area contributed by atoms with E-state index in [4.69, 9.17) is 21.1 Å². The van der Waals surface area contributed by atoms with Crippen LogP contribution in [0.15, 0.2) is 18.2 Å². The van der Waals surface area contributed by atoms with Crippen LogP contribution in [-0.4, -0.2) is 19.2 Å². The van der Waals surface area contributed by atoms with Crippen LogP contribution in [0.1, 0.15) is 31.2 Å². The van der Waals surface area contributed by atoms with Crippen molar-refractivity contribution in [3.05, 3.63) is 34.6 Å². The second-order valence-electron chi connectivity index (χ2n) is 5.02. The predicted octanol–water partition coefficient (Wildman–Crippen LogP) is 3.73. The second kappa shape index (κ2) is 7.04. The summed E-state index contributed by atoms with van der Waals surface area (Å²) in [5, 5.41) is 0.112. The molecule has 1 aromatic carbocycles. The Bertz CT molecular complexity index is 470. The Hall–Kier alpha value is -1.13. The molecular weight excluding hydrogens is 283 g/mol. The van der Waals surface area contributed by atoms with E-state index in [0.717, 1.165) is 25.7 Å². The summed E-state index contributed by atoms with van der Waals surface area (Å²) in [6.07, 6.45) is 3.17. The SMILES string of the molecule is COC(=O)C1CCC(OCc2cccc(Cl)c2F)CC1. The van der Waals surface area contributed by atoms with Crippen LogP contribution in [0.25, 0.3) is 0 Å². The number of hydrogen-bond acceptors (Lipinski definition) is 3. The number of carbonyl (C=O) groups excluding carboxylic acids is 1. The largest absolute Gasteiger partial charge is 0.469 e. The number of ether oxygens (including phenoxy) is 2. The van der Waals surface area contributed by atoms with Gasteiger partial charge >= 0.3 is 5.97 Å². The van der Waals surface area contributed by atoms with Gasteiger partial charge in [0, 0.05) is 5.56 Å². The van der Waals surface area contributed by atoms with Crippen LogP contribution in [0.5, 0.6) is 0 Å². The number of esters is 1. The minimum Gasteiger partial charge on any atom is -0.469 e. The van der Waals surface area contributed by atoms with Crippen molar-refractivity contribution in [1.29, 1.82) is 0 Å². The standard InChI is InChI=1S/C15H18ClFO3/c1-19-15(18)10-5-7-12(8-6-10)20-9-11-3-2-4-13(16)14(11)17/h2-4,10,12H,5-9H2,1H3. The number of halogens is 2. The van der Waals surface area contributed by atoms with Crippen molar-refractivity contribution >= 4 is 17.6 Å². The number of hydrogen-bond donors (Lipinski definition) is 0. The minimum absolute atomic E-state index is 0.0252. The number of methoxy groups -OCH3 is 1. The molecule has 0 bridgehead atoms. The number of carbonyl (C=O) groups is 1. The summed E-state index contributed by atoms with van der Waals surface area (Å²) in [6.45, 7) is 0.208. The molecule has 1 aliphatic rings.